The molecule has 0 unspecified atom stereocenters. The molecule has 0 N–H and O–H groups in total. The van der Waals surface area contributed by atoms with Crippen LogP contribution in [0.3, 0.4) is 0 Å². The molecular weight excluding hydrogens is 522 g/mol. The number of methoxy groups -OCH3 is 1. The molecule has 0 atom stereocenters. The maximum Gasteiger partial charge on any atom is 0.270 e. The first-order chi connectivity index (χ1) is 16.1. The van der Waals surface area contributed by atoms with E-state index in [2.05, 4.69) is 15.9 Å². The van der Waals surface area contributed by atoms with E-state index in [4.69, 9.17) is 26.4 Å². The van der Waals surface area contributed by atoms with Crippen LogP contribution in [0.15, 0.2) is 82.2 Å². The average Bonchev–Trinajstić information content (AvgIpc) is 3.11. The van der Waals surface area contributed by atoms with Crippen LogP contribution in [-0.2, 0) is 4.79 Å². The fourth-order valence-electron chi connectivity index (χ4n) is 3.20. The van der Waals surface area contributed by atoms with Gasteiger partial charge in [0.15, 0.2) is 15.8 Å². The highest BCUT2D eigenvalue weighted by molar-refractivity contribution is 9.10. The number of para-hydroxylation sites is 2. The summed E-state index contributed by atoms with van der Waals surface area (Å²) in [7, 11) is 1.58. The van der Waals surface area contributed by atoms with E-state index in [-0.39, 0.29) is 5.91 Å². The molecule has 0 radical (unpaired) electrons. The molecule has 0 aromatic heterocycles. The van der Waals surface area contributed by atoms with Crippen molar-refractivity contribution in [2.24, 2.45) is 0 Å². The lowest BCUT2D eigenvalue weighted by molar-refractivity contribution is -0.113. The van der Waals surface area contributed by atoms with Gasteiger partial charge in [-0.15, -0.1) is 0 Å². The minimum absolute atomic E-state index is 0.148. The predicted octanol–water partition coefficient (Wildman–Crippen LogP) is 6.32. The van der Waals surface area contributed by atoms with Gasteiger partial charge in [0.1, 0.15) is 19.0 Å². The van der Waals surface area contributed by atoms with Crippen LogP contribution in [-0.4, -0.2) is 30.6 Å². The molecule has 3 aromatic rings. The number of thiocarbonyl (C=S) groups is 1. The molecule has 0 spiro atoms. The maximum atomic E-state index is 13.0. The molecule has 5 nitrogen and oxygen atoms in total. The SMILES string of the molecule is COc1cc(/C=C2\SC(=S)N(c3ccccc3)C2=O)cc(Br)c1OCCOc1ccccc1. The minimum atomic E-state index is -0.148. The topological polar surface area (TPSA) is 48.0 Å². The number of amides is 1. The molecule has 1 aliphatic heterocycles. The van der Waals surface area contributed by atoms with Gasteiger partial charge >= 0.3 is 0 Å². The van der Waals surface area contributed by atoms with Gasteiger partial charge in [-0.05, 0) is 64.0 Å². The van der Waals surface area contributed by atoms with Gasteiger partial charge in [-0.2, -0.15) is 0 Å². The molecule has 33 heavy (non-hydrogen) atoms. The normalized spacial score (nSPS) is 14.6. The van der Waals surface area contributed by atoms with E-state index in [1.807, 2.05) is 72.8 Å². The molecule has 1 saturated heterocycles. The van der Waals surface area contributed by atoms with Crippen LogP contribution in [0.4, 0.5) is 5.69 Å². The average molecular weight is 542 g/mol. The molecule has 1 amide bonds. The van der Waals surface area contributed by atoms with E-state index in [0.717, 1.165) is 17.0 Å². The summed E-state index contributed by atoms with van der Waals surface area (Å²) in [6, 6.07) is 22.7. The molecule has 3 aromatic carbocycles. The van der Waals surface area contributed by atoms with Crippen molar-refractivity contribution in [3.8, 4) is 17.2 Å². The number of rotatable bonds is 8. The van der Waals surface area contributed by atoms with E-state index in [1.54, 1.807) is 18.1 Å². The molecule has 168 valence electrons. The van der Waals surface area contributed by atoms with Crippen molar-refractivity contribution in [2.45, 2.75) is 0 Å². The highest BCUT2D eigenvalue weighted by atomic mass is 79.9. The first-order valence-corrected chi connectivity index (χ1v) is 12.1. The Bertz CT molecular complexity index is 1190. The van der Waals surface area contributed by atoms with Crippen LogP contribution in [0.1, 0.15) is 5.56 Å². The van der Waals surface area contributed by atoms with Crippen LogP contribution in [0, 0.1) is 0 Å². The molecule has 0 aliphatic carbocycles. The Labute approximate surface area is 210 Å². The summed E-state index contributed by atoms with van der Waals surface area (Å²) in [6.45, 7) is 0.738. The standard InChI is InChI=1S/C25H20BrNO4S2/c1-29-21-15-17(14-20(26)23(21)31-13-12-30-19-10-6-3-7-11-19)16-22-24(28)27(25(32)33-22)18-8-4-2-5-9-18/h2-11,14-16H,12-13H2,1H3/b22-16-. The third kappa shape index (κ3) is 5.58. The second-order valence-electron chi connectivity index (χ2n) is 6.90. The summed E-state index contributed by atoms with van der Waals surface area (Å²) >= 11 is 10.3. The predicted molar refractivity (Wildman–Crippen MR) is 140 cm³/mol. The van der Waals surface area contributed by atoms with E-state index in [1.165, 1.54) is 11.8 Å². The van der Waals surface area contributed by atoms with Crippen LogP contribution < -0.4 is 19.1 Å². The van der Waals surface area contributed by atoms with Gasteiger partial charge in [0.05, 0.1) is 22.2 Å². The Balaban J connectivity index is 1.48. The molecule has 1 fully saturated rings. The van der Waals surface area contributed by atoms with Crippen LogP contribution >= 0.6 is 39.9 Å². The Kier molecular flexibility index (Phi) is 7.69. The number of carbonyl (C=O) groups is 1. The van der Waals surface area contributed by atoms with Crippen molar-refractivity contribution in [1.82, 2.24) is 0 Å². The van der Waals surface area contributed by atoms with Crippen molar-refractivity contribution in [2.75, 3.05) is 25.2 Å². The number of benzene rings is 3. The van der Waals surface area contributed by atoms with Crippen molar-refractivity contribution in [3.05, 3.63) is 87.7 Å². The van der Waals surface area contributed by atoms with Crippen LogP contribution in [0.25, 0.3) is 6.08 Å². The van der Waals surface area contributed by atoms with Crippen molar-refractivity contribution in [3.63, 3.8) is 0 Å². The summed E-state index contributed by atoms with van der Waals surface area (Å²) in [5.41, 5.74) is 1.55. The Morgan fingerprint density at radius 3 is 2.36 bits per heavy atom. The highest BCUT2D eigenvalue weighted by Gasteiger charge is 2.33. The lowest BCUT2D eigenvalue weighted by atomic mass is 10.1. The smallest absolute Gasteiger partial charge is 0.270 e. The monoisotopic (exact) mass is 541 g/mol. The van der Waals surface area contributed by atoms with Crippen molar-refractivity contribution in [1.29, 1.82) is 0 Å². The highest BCUT2D eigenvalue weighted by Crippen LogP contribution is 2.40. The largest absolute Gasteiger partial charge is 0.493 e. The van der Waals surface area contributed by atoms with E-state index < -0.39 is 0 Å². The number of hydrogen-bond acceptors (Lipinski definition) is 6. The fourth-order valence-corrected chi connectivity index (χ4v) is 5.08. The number of hydrogen-bond donors (Lipinski definition) is 0. The molecule has 0 saturated carbocycles. The number of nitrogens with zero attached hydrogens (tertiary/aromatic N) is 1. The first-order valence-electron chi connectivity index (χ1n) is 10.1. The van der Waals surface area contributed by atoms with Gasteiger partial charge < -0.3 is 14.2 Å². The summed E-state index contributed by atoms with van der Waals surface area (Å²) in [5.74, 6) is 1.76. The molecule has 0 bridgehead atoms. The van der Waals surface area contributed by atoms with Crippen molar-refractivity contribution >= 4 is 61.9 Å². The van der Waals surface area contributed by atoms with Crippen molar-refractivity contribution < 1.29 is 19.0 Å². The number of anilines is 1. The van der Waals surface area contributed by atoms with Gasteiger partial charge in [-0.1, -0.05) is 60.4 Å². The van der Waals surface area contributed by atoms with E-state index in [9.17, 15) is 4.79 Å². The summed E-state index contributed by atoms with van der Waals surface area (Å²) in [5, 5.41) is 0. The summed E-state index contributed by atoms with van der Waals surface area (Å²) in [6.07, 6.45) is 1.80. The van der Waals surface area contributed by atoms with Crippen LogP contribution in [0.2, 0.25) is 0 Å². The fraction of sp³-hybridized carbons (Fsp3) is 0.120. The molecule has 1 heterocycles. The zero-order valence-corrected chi connectivity index (χ0v) is 20.9. The zero-order valence-electron chi connectivity index (χ0n) is 17.7. The first kappa shape index (κ1) is 23.4. The molecule has 1 aliphatic rings. The van der Waals surface area contributed by atoms with Gasteiger partial charge in [0.25, 0.3) is 5.91 Å². The quantitative estimate of drug-likeness (QED) is 0.189. The minimum Gasteiger partial charge on any atom is -0.493 e. The summed E-state index contributed by atoms with van der Waals surface area (Å²) < 4.78 is 18.3. The van der Waals surface area contributed by atoms with Gasteiger partial charge in [-0.25, -0.2) is 0 Å². The van der Waals surface area contributed by atoms with Crippen LogP contribution in [0.5, 0.6) is 17.2 Å². The molecular formula is C25H20BrNO4S2. The lowest BCUT2D eigenvalue weighted by Gasteiger charge is -2.14. The second-order valence-corrected chi connectivity index (χ2v) is 9.43. The summed E-state index contributed by atoms with van der Waals surface area (Å²) in [4.78, 5) is 15.1. The number of thioether (sulfide) groups is 1. The number of halogens is 1. The zero-order chi connectivity index (χ0) is 23.2. The Morgan fingerprint density at radius 2 is 1.67 bits per heavy atom. The number of ether oxygens (including phenoxy) is 3. The third-order valence-corrected chi connectivity index (χ3v) is 6.59. The number of carbonyl (C=O) groups excluding carboxylic acids is 1. The molecule has 8 heteroatoms. The molecule has 4 rings (SSSR count). The van der Waals surface area contributed by atoms with Gasteiger partial charge in [-0.3, -0.25) is 9.69 Å². The third-order valence-electron chi connectivity index (χ3n) is 4.70. The van der Waals surface area contributed by atoms with Gasteiger partial charge in [0.2, 0.25) is 0 Å². The second kappa shape index (κ2) is 10.9. The lowest BCUT2D eigenvalue weighted by Crippen LogP contribution is -2.27. The Hall–Kier alpha value is -2.81. The van der Waals surface area contributed by atoms with E-state index >= 15 is 0 Å². The van der Waals surface area contributed by atoms with Gasteiger partial charge in [0, 0.05) is 0 Å². The Morgan fingerprint density at radius 1 is 1.00 bits per heavy atom. The van der Waals surface area contributed by atoms with E-state index in [0.29, 0.717) is 38.4 Å². The maximum absolute atomic E-state index is 13.0.